The molecule has 0 aliphatic carbocycles. The first-order valence-electron chi connectivity index (χ1n) is 3.15. The summed E-state index contributed by atoms with van der Waals surface area (Å²) in [4.78, 5) is 10.1. The van der Waals surface area contributed by atoms with Crippen molar-refractivity contribution in [3.8, 4) is 0 Å². The molecule has 1 fully saturated rings. The van der Waals surface area contributed by atoms with Crippen molar-refractivity contribution in [2.24, 2.45) is 5.92 Å². The maximum Gasteiger partial charge on any atom is 0.303 e. The molecule has 0 bridgehead atoms. The second-order valence-electron chi connectivity index (χ2n) is 2.55. The number of carboxylic acids is 1. The Morgan fingerprint density at radius 3 is 2.67 bits per heavy atom. The third kappa shape index (κ3) is 1.42. The maximum atomic E-state index is 10.1. The molecule has 0 saturated carbocycles. The lowest BCUT2D eigenvalue weighted by Gasteiger charge is -2.34. The number of rotatable bonds is 2. The smallest absolute Gasteiger partial charge is 0.303 e. The highest BCUT2D eigenvalue weighted by molar-refractivity contribution is 5.67. The Bertz CT molecular complexity index is 124. The van der Waals surface area contributed by atoms with Crippen molar-refractivity contribution in [1.82, 2.24) is 5.32 Å². The molecule has 0 aromatic rings. The largest absolute Gasteiger partial charge is 0.481 e. The van der Waals surface area contributed by atoms with Gasteiger partial charge in [-0.15, -0.1) is 0 Å². The summed E-state index contributed by atoms with van der Waals surface area (Å²) in [6.45, 7) is 2.88. The van der Waals surface area contributed by atoms with Crippen molar-refractivity contribution in [2.45, 2.75) is 19.4 Å². The Labute approximate surface area is 54.1 Å². The van der Waals surface area contributed by atoms with E-state index < -0.39 is 5.97 Å². The van der Waals surface area contributed by atoms with Crippen LogP contribution in [0, 0.1) is 5.92 Å². The van der Waals surface area contributed by atoms with Gasteiger partial charge in [-0.1, -0.05) is 0 Å². The van der Waals surface area contributed by atoms with Gasteiger partial charge in [0.05, 0.1) is 6.42 Å². The van der Waals surface area contributed by atoms with Gasteiger partial charge in [0.25, 0.3) is 0 Å². The van der Waals surface area contributed by atoms with Crippen molar-refractivity contribution in [2.75, 3.05) is 6.54 Å². The quantitative estimate of drug-likeness (QED) is 0.554. The van der Waals surface area contributed by atoms with Crippen LogP contribution in [0.5, 0.6) is 0 Å². The van der Waals surface area contributed by atoms with E-state index in [-0.39, 0.29) is 0 Å². The first-order chi connectivity index (χ1) is 4.20. The molecule has 0 amide bonds. The van der Waals surface area contributed by atoms with E-state index in [1.165, 1.54) is 0 Å². The first-order valence-corrected chi connectivity index (χ1v) is 3.15. The molecule has 0 radical (unpaired) electrons. The molecule has 2 unspecified atom stereocenters. The van der Waals surface area contributed by atoms with Gasteiger partial charge in [0, 0.05) is 12.6 Å². The zero-order chi connectivity index (χ0) is 6.85. The van der Waals surface area contributed by atoms with E-state index in [2.05, 4.69) is 5.32 Å². The van der Waals surface area contributed by atoms with Crippen LogP contribution in [0.4, 0.5) is 0 Å². The lowest BCUT2D eigenvalue weighted by atomic mass is 9.90. The standard InChI is InChI=1S/C6H11NO2/c1-4-5(3-7-4)2-6(8)9/h4-5,7H,2-3H2,1H3,(H,8,9). The van der Waals surface area contributed by atoms with Crippen LogP contribution in [0.25, 0.3) is 0 Å². The topological polar surface area (TPSA) is 49.3 Å². The van der Waals surface area contributed by atoms with E-state index in [1.54, 1.807) is 0 Å². The number of carboxylic acid groups (broad SMARTS) is 1. The number of carbonyl (C=O) groups is 1. The van der Waals surface area contributed by atoms with Gasteiger partial charge in [0.2, 0.25) is 0 Å². The molecule has 2 N–H and O–H groups in total. The van der Waals surface area contributed by atoms with Crippen molar-refractivity contribution < 1.29 is 9.90 Å². The number of nitrogens with one attached hydrogen (secondary N) is 1. The molecule has 52 valence electrons. The molecular weight excluding hydrogens is 118 g/mol. The fourth-order valence-corrected chi connectivity index (χ4v) is 0.993. The van der Waals surface area contributed by atoms with E-state index in [1.807, 2.05) is 6.92 Å². The monoisotopic (exact) mass is 129 g/mol. The van der Waals surface area contributed by atoms with Gasteiger partial charge in [0.15, 0.2) is 0 Å². The van der Waals surface area contributed by atoms with Gasteiger partial charge >= 0.3 is 5.97 Å². The molecule has 9 heavy (non-hydrogen) atoms. The highest BCUT2D eigenvalue weighted by Gasteiger charge is 2.27. The molecule has 3 nitrogen and oxygen atoms in total. The second kappa shape index (κ2) is 2.35. The molecule has 0 aromatic carbocycles. The van der Waals surface area contributed by atoms with Crippen molar-refractivity contribution in [1.29, 1.82) is 0 Å². The number of aliphatic carboxylic acids is 1. The molecule has 1 aliphatic heterocycles. The van der Waals surface area contributed by atoms with Crippen molar-refractivity contribution >= 4 is 5.97 Å². The Balaban J connectivity index is 2.21. The van der Waals surface area contributed by atoms with Gasteiger partial charge in [-0.25, -0.2) is 0 Å². The summed E-state index contributed by atoms with van der Waals surface area (Å²) in [5.74, 6) is -0.323. The molecule has 2 atom stereocenters. The summed E-state index contributed by atoms with van der Waals surface area (Å²) in [5, 5.41) is 11.4. The van der Waals surface area contributed by atoms with Crippen molar-refractivity contribution in [3.63, 3.8) is 0 Å². The Kier molecular flexibility index (Phi) is 1.71. The predicted octanol–water partition coefficient (Wildman–Crippen LogP) is 0.0690. The molecule has 1 saturated heterocycles. The Morgan fingerprint density at radius 1 is 1.89 bits per heavy atom. The van der Waals surface area contributed by atoms with Crippen LogP contribution < -0.4 is 5.32 Å². The van der Waals surface area contributed by atoms with E-state index in [9.17, 15) is 4.79 Å². The third-order valence-corrected chi connectivity index (χ3v) is 1.85. The SMILES string of the molecule is CC1NCC1CC(=O)O. The van der Waals surface area contributed by atoms with Crippen LogP contribution in [-0.2, 0) is 4.79 Å². The zero-order valence-electron chi connectivity index (χ0n) is 5.42. The minimum atomic E-state index is -0.687. The normalized spacial score (nSPS) is 33.4. The Morgan fingerprint density at radius 2 is 2.56 bits per heavy atom. The first kappa shape index (κ1) is 6.55. The minimum Gasteiger partial charge on any atom is -0.481 e. The Hall–Kier alpha value is -0.570. The lowest BCUT2D eigenvalue weighted by Crippen LogP contribution is -2.51. The second-order valence-corrected chi connectivity index (χ2v) is 2.55. The van der Waals surface area contributed by atoms with Gasteiger partial charge < -0.3 is 10.4 Å². The summed E-state index contributed by atoms with van der Waals surface area (Å²) in [6, 6.07) is 0.404. The maximum absolute atomic E-state index is 10.1. The summed E-state index contributed by atoms with van der Waals surface area (Å²) in [6.07, 6.45) is 0.314. The van der Waals surface area contributed by atoms with E-state index in [0.717, 1.165) is 6.54 Å². The van der Waals surface area contributed by atoms with Gasteiger partial charge in [-0.05, 0) is 12.8 Å². The summed E-state index contributed by atoms with van der Waals surface area (Å²) < 4.78 is 0. The molecule has 1 heterocycles. The molecular formula is C6H11NO2. The van der Waals surface area contributed by atoms with Crippen LogP contribution in [0.1, 0.15) is 13.3 Å². The zero-order valence-corrected chi connectivity index (χ0v) is 5.42. The van der Waals surface area contributed by atoms with Gasteiger partial charge in [-0.2, -0.15) is 0 Å². The third-order valence-electron chi connectivity index (χ3n) is 1.85. The van der Waals surface area contributed by atoms with Crippen LogP contribution in [0.3, 0.4) is 0 Å². The van der Waals surface area contributed by atoms with E-state index in [4.69, 9.17) is 5.11 Å². The fraction of sp³-hybridized carbons (Fsp3) is 0.833. The van der Waals surface area contributed by atoms with E-state index >= 15 is 0 Å². The average molecular weight is 129 g/mol. The summed E-state index contributed by atoms with van der Waals surface area (Å²) in [5.41, 5.74) is 0. The molecule has 1 aliphatic rings. The molecule has 0 aromatic heterocycles. The van der Waals surface area contributed by atoms with Crippen molar-refractivity contribution in [3.05, 3.63) is 0 Å². The number of hydrogen-bond donors (Lipinski definition) is 2. The van der Waals surface area contributed by atoms with Crippen LogP contribution in [0.15, 0.2) is 0 Å². The minimum absolute atomic E-state index is 0.314. The lowest BCUT2D eigenvalue weighted by molar-refractivity contribution is -0.138. The summed E-state index contributed by atoms with van der Waals surface area (Å²) in [7, 11) is 0. The molecule has 0 spiro atoms. The number of hydrogen-bond acceptors (Lipinski definition) is 2. The van der Waals surface area contributed by atoms with Crippen LogP contribution in [0.2, 0.25) is 0 Å². The molecule has 1 rings (SSSR count). The highest BCUT2D eigenvalue weighted by atomic mass is 16.4. The fourth-order valence-electron chi connectivity index (χ4n) is 0.993. The van der Waals surface area contributed by atoms with E-state index in [0.29, 0.717) is 18.4 Å². The molecule has 3 heteroatoms. The highest BCUT2D eigenvalue weighted by Crippen LogP contribution is 2.15. The average Bonchev–Trinajstić information content (AvgIpc) is 1.79. The van der Waals surface area contributed by atoms with Crippen LogP contribution in [-0.4, -0.2) is 23.7 Å². The summed E-state index contributed by atoms with van der Waals surface area (Å²) >= 11 is 0. The van der Waals surface area contributed by atoms with Crippen LogP contribution >= 0.6 is 0 Å². The van der Waals surface area contributed by atoms with Gasteiger partial charge in [-0.3, -0.25) is 4.79 Å². The van der Waals surface area contributed by atoms with Gasteiger partial charge in [0.1, 0.15) is 0 Å². The predicted molar refractivity (Wildman–Crippen MR) is 33.2 cm³/mol.